The van der Waals surface area contributed by atoms with Crippen molar-refractivity contribution >= 4 is 6.03 Å². The maximum Gasteiger partial charge on any atom is 0.317 e. The van der Waals surface area contributed by atoms with Gasteiger partial charge in [-0.2, -0.15) is 0 Å². The van der Waals surface area contributed by atoms with Crippen LogP contribution < -0.4 is 5.32 Å². The third kappa shape index (κ3) is 4.68. The monoisotopic (exact) mass is 267 g/mol. The molecule has 2 amide bonds. The second-order valence-corrected chi connectivity index (χ2v) is 6.45. The van der Waals surface area contributed by atoms with Gasteiger partial charge in [0.1, 0.15) is 0 Å². The standard InChI is InChI=1S/C15H29N3O/c1-13-5-9-17(10-6-13)11-7-16-15(19)18-8-3-4-14(2)12-18/h13-14H,3-12H2,1-2H3,(H,16,19). The maximum atomic E-state index is 12.0. The van der Waals surface area contributed by atoms with Gasteiger partial charge in [-0.05, 0) is 50.6 Å². The normalized spacial score (nSPS) is 26.4. The molecule has 2 heterocycles. The van der Waals surface area contributed by atoms with Gasteiger partial charge in [-0.3, -0.25) is 0 Å². The zero-order valence-corrected chi connectivity index (χ0v) is 12.5. The van der Waals surface area contributed by atoms with E-state index in [1.807, 2.05) is 4.90 Å². The molecular weight excluding hydrogens is 238 g/mol. The van der Waals surface area contributed by atoms with Crippen LogP contribution >= 0.6 is 0 Å². The van der Waals surface area contributed by atoms with Gasteiger partial charge >= 0.3 is 6.03 Å². The molecule has 0 aliphatic carbocycles. The number of hydrogen-bond acceptors (Lipinski definition) is 2. The number of likely N-dealkylation sites (tertiary alicyclic amines) is 2. The highest BCUT2D eigenvalue weighted by atomic mass is 16.2. The van der Waals surface area contributed by atoms with Crippen LogP contribution in [0.2, 0.25) is 0 Å². The summed E-state index contributed by atoms with van der Waals surface area (Å²) >= 11 is 0. The second kappa shape index (κ2) is 7.13. The average Bonchev–Trinajstić information content (AvgIpc) is 2.41. The minimum absolute atomic E-state index is 0.136. The summed E-state index contributed by atoms with van der Waals surface area (Å²) in [6.07, 6.45) is 5.02. The van der Waals surface area contributed by atoms with Crippen LogP contribution in [0.25, 0.3) is 0 Å². The number of amides is 2. The first kappa shape index (κ1) is 14.6. The van der Waals surface area contributed by atoms with E-state index < -0.39 is 0 Å². The predicted octanol–water partition coefficient (Wildman–Crippen LogP) is 2.16. The molecule has 0 radical (unpaired) electrons. The lowest BCUT2D eigenvalue weighted by atomic mass is 9.99. The third-order valence-electron chi connectivity index (χ3n) is 4.52. The summed E-state index contributed by atoms with van der Waals surface area (Å²) in [7, 11) is 0. The van der Waals surface area contributed by atoms with Gasteiger partial charge < -0.3 is 15.1 Å². The molecule has 0 aromatic carbocycles. The lowest BCUT2D eigenvalue weighted by Gasteiger charge is -2.32. The van der Waals surface area contributed by atoms with Gasteiger partial charge in [0.15, 0.2) is 0 Å². The fourth-order valence-corrected chi connectivity index (χ4v) is 3.09. The van der Waals surface area contributed by atoms with Gasteiger partial charge in [0.2, 0.25) is 0 Å². The Kier molecular flexibility index (Phi) is 5.49. The Hall–Kier alpha value is -0.770. The van der Waals surface area contributed by atoms with Crippen LogP contribution in [0.4, 0.5) is 4.79 Å². The number of piperidine rings is 2. The minimum atomic E-state index is 0.136. The van der Waals surface area contributed by atoms with E-state index in [2.05, 4.69) is 24.1 Å². The molecule has 2 rings (SSSR count). The Labute approximate surface area is 117 Å². The van der Waals surface area contributed by atoms with Gasteiger partial charge in [-0.25, -0.2) is 4.79 Å². The molecule has 1 atom stereocenters. The molecule has 0 saturated carbocycles. The van der Waals surface area contributed by atoms with Crippen molar-refractivity contribution in [2.45, 2.75) is 39.5 Å². The van der Waals surface area contributed by atoms with E-state index in [1.165, 1.54) is 32.4 Å². The van der Waals surface area contributed by atoms with Crippen LogP contribution in [0.5, 0.6) is 0 Å². The van der Waals surface area contributed by atoms with Gasteiger partial charge in [0, 0.05) is 26.2 Å². The summed E-state index contributed by atoms with van der Waals surface area (Å²) in [6, 6.07) is 0.136. The first-order chi connectivity index (χ1) is 9.15. The molecule has 2 aliphatic rings. The summed E-state index contributed by atoms with van der Waals surface area (Å²) in [5, 5.41) is 3.08. The van der Waals surface area contributed by atoms with E-state index in [0.717, 1.165) is 38.5 Å². The molecule has 4 nitrogen and oxygen atoms in total. The highest BCUT2D eigenvalue weighted by molar-refractivity contribution is 5.74. The molecular formula is C15H29N3O. The summed E-state index contributed by atoms with van der Waals surface area (Å²) in [6.45, 7) is 10.6. The van der Waals surface area contributed by atoms with Crippen LogP contribution in [0.1, 0.15) is 39.5 Å². The van der Waals surface area contributed by atoms with Crippen LogP contribution in [0, 0.1) is 11.8 Å². The largest absolute Gasteiger partial charge is 0.337 e. The van der Waals surface area contributed by atoms with E-state index in [-0.39, 0.29) is 6.03 Å². The summed E-state index contributed by atoms with van der Waals surface area (Å²) < 4.78 is 0. The number of nitrogens with zero attached hydrogens (tertiary/aromatic N) is 2. The van der Waals surface area contributed by atoms with Crippen molar-refractivity contribution in [1.29, 1.82) is 0 Å². The van der Waals surface area contributed by atoms with Crippen molar-refractivity contribution in [2.75, 3.05) is 39.3 Å². The molecule has 0 spiro atoms. The zero-order valence-electron chi connectivity index (χ0n) is 12.5. The Morgan fingerprint density at radius 1 is 1.11 bits per heavy atom. The highest BCUT2D eigenvalue weighted by Crippen LogP contribution is 2.16. The summed E-state index contributed by atoms with van der Waals surface area (Å²) in [5.74, 6) is 1.53. The number of rotatable bonds is 3. The molecule has 110 valence electrons. The van der Waals surface area contributed by atoms with E-state index in [1.54, 1.807) is 0 Å². The maximum absolute atomic E-state index is 12.0. The predicted molar refractivity (Wildman–Crippen MR) is 78.2 cm³/mol. The number of urea groups is 1. The smallest absolute Gasteiger partial charge is 0.317 e. The minimum Gasteiger partial charge on any atom is -0.337 e. The topological polar surface area (TPSA) is 35.6 Å². The van der Waals surface area contributed by atoms with Gasteiger partial charge in [-0.1, -0.05) is 13.8 Å². The average molecular weight is 267 g/mol. The molecule has 2 fully saturated rings. The molecule has 2 saturated heterocycles. The van der Waals surface area contributed by atoms with E-state index in [0.29, 0.717) is 5.92 Å². The molecule has 4 heteroatoms. The van der Waals surface area contributed by atoms with Crippen molar-refractivity contribution < 1.29 is 4.79 Å². The van der Waals surface area contributed by atoms with Gasteiger partial charge in [-0.15, -0.1) is 0 Å². The van der Waals surface area contributed by atoms with E-state index in [4.69, 9.17) is 0 Å². The van der Waals surface area contributed by atoms with E-state index in [9.17, 15) is 4.79 Å². The van der Waals surface area contributed by atoms with Crippen LogP contribution in [0.3, 0.4) is 0 Å². The first-order valence-electron chi connectivity index (χ1n) is 7.90. The highest BCUT2D eigenvalue weighted by Gasteiger charge is 2.21. The third-order valence-corrected chi connectivity index (χ3v) is 4.52. The molecule has 1 N–H and O–H groups in total. The zero-order chi connectivity index (χ0) is 13.7. The van der Waals surface area contributed by atoms with Crippen LogP contribution in [-0.2, 0) is 0 Å². The molecule has 2 aliphatic heterocycles. The van der Waals surface area contributed by atoms with Crippen molar-refractivity contribution in [3.05, 3.63) is 0 Å². The SMILES string of the molecule is CC1CCN(CCNC(=O)N2CCCC(C)C2)CC1. The molecule has 0 bridgehead atoms. The lowest BCUT2D eigenvalue weighted by molar-refractivity contribution is 0.163. The summed E-state index contributed by atoms with van der Waals surface area (Å²) in [5.41, 5.74) is 0. The molecule has 0 aromatic heterocycles. The molecule has 0 aromatic rings. The fraction of sp³-hybridized carbons (Fsp3) is 0.933. The molecule has 19 heavy (non-hydrogen) atoms. The summed E-state index contributed by atoms with van der Waals surface area (Å²) in [4.78, 5) is 16.5. The van der Waals surface area contributed by atoms with Crippen LogP contribution in [0.15, 0.2) is 0 Å². The molecule has 1 unspecified atom stereocenters. The van der Waals surface area contributed by atoms with Crippen molar-refractivity contribution in [3.8, 4) is 0 Å². The Morgan fingerprint density at radius 2 is 1.84 bits per heavy atom. The number of carbonyl (C=O) groups is 1. The Morgan fingerprint density at radius 3 is 2.53 bits per heavy atom. The van der Waals surface area contributed by atoms with Crippen molar-refractivity contribution in [2.24, 2.45) is 11.8 Å². The number of carbonyl (C=O) groups excluding carboxylic acids is 1. The lowest BCUT2D eigenvalue weighted by Crippen LogP contribution is -2.47. The fourth-order valence-electron chi connectivity index (χ4n) is 3.09. The second-order valence-electron chi connectivity index (χ2n) is 6.45. The number of hydrogen-bond donors (Lipinski definition) is 1. The van der Waals surface area contributed by atoms with E-state index >= 15 is 0 Å². The number of nitrogens with one attached hydrogen (secondary N) is 1. The van der Waals surface area contributed by atoms with Crippen LogP contribution in [-0.4, -0.2) is 55.1 Å². The van der Waals surface area contributed by atoms with Gasteiger partial charge in [0.05, 0.1) is 0 Å². The Balaban J connectivity index is 1.61. The van der Waals surface area contributed by atoms with Crippen molar-refractivity contribution in [1.82, 2.24) is 15.1 Å². The quantitative estimate of drug-likeness (QED) is 0.850. The first-order valence-corrected chi connectivity index (χ1v) is 7.90. The van der Waals surface area contributed by atoms with Gasteiger partial charge in [0.25, 0.3) is 0 Å². The Bertz CT molecular complexity index is 287. The van der Waals surface area contributed by atoms with Crippen molar-refractivity contribution in [3.63, 3.8) is 0 Å².